The van der Waals surface area contributed by atoms with E-state index in [2.05, 4.69) is 217 Å². The SMILES string of the molecule is C/C=C\C(=C/C)c1cccc(-c2cc(-n3c4ccccc4c4ccc(-c5cccc6c7ccccc7n(-c7ccccc7)c56)cc43)cc3c2sc2ccccc23)c1. The summed E-state index contributed by atoms with van der Waals surface area (Å²) in [5.74, 6) is 0. The third-order valence-electron chi connectivity index (χ3n) is 11.6. The van der Waals surface area contributed by atoms with Crippen LogP contribution in [0.25, 0.3) is 103 Å². The average Bonchev–Trinajstić information content (AvgIpc) is 3.93. The van der Waals surface area contributed by atoms with Crippen molar-refractivity contribution in [1.82, 2.24) is 9.13 Å². The molecule has 2 nitrogen and oxygen atoms in total. The van der Waals surface area contributed by atoms with E-state index >= 15 is 0 Å². The molecule has 0 aliphatic carbocycles. The Kier molecular flexibility index (Phi) is 7.84. The third kappa shape index (κ3) is 5.24. The maximum absolute atomic E-state index is 2.50. The van der Waals surface area contributed by atoms with Gasteiger partial charge in [-0.1, -0.05) is 140 Å². The standard InChI is InChI=1S/C54H38N2S/c1-3-16-35(4-2)36-17-14-18-37(31-36)47-33-40(34-48-45-23-10-13-28-52(45)57-54(47)48)55-49-26-11-8-21-42(49)44-30-29-38(32-51(44)55)41-24-15-25-46-43-22-9-12-27-50(43)56(53(41)46)39-19-6-5-7-20-39/h3-34H,1-2H3/b16-3-,35-4+. The average molecular weight is 747 g/mol. The normalized spacial score (nSPS) is 12.4. The zero-order chi connectivity index (χ0) is 38.0. The minimum absolute atomic E-state index is 1.16. The first kappa shape index (κ1) is 33.4. The zero-order valence-electron chi connectivity index (χ0n) is 31.8. The van der Waals surface area contributed by atoms with Crippen LogP contribution in [0.1, 0.15) is 19.4 Å². The van der Waals surface area contributed by atoms with Crippen molar-refractivity contribution in [2.45, 2.75) is 13.8 Å². The van der Waals surface area contributed by atoms with E-state index in [-0.39, 0.29) is 0 Å². The predicted molar refractivity (Wildman–Crippen MR) is 247 cm³/mol. The van der Waals surface area contributed by atoms with Crippen LogP contribution in [-0.4, -0.2) is 9.13 Å². The summed E-state index contributed by atoms with van der Waals surface area (Å²) in [6.45, 7) is 4.20. The van der Waals surface area contributed by atoms with Gasteiger partial charge >= 0.3 is 0 Å². The molecular weight excluding hydrogens is 709 g/mol. The molecule has 0 fully saturated rings. The number of hydrogen-bond donors (Lipinski definition) is 0. The summed E-state index contributed by atoms with van der Waals surface area (Å²) in [7, 11) is 0. The van der Waals surface area contributed by atoms with Crippen LogP contribution in [0.2, 0.25) is 0 Å². The van der Waals surface area contributed by atoms with Crippen LogP contribution >= 0.6 is 11.3 Å². The fourth-order valence-corrected chi connectivity index (χ4v) is 10.3. The molecule has 57 heavy (non-hydrogen) atoms. The number of nitrogens with zero attached hydrogens (tertiary/aromatic N) is 2. The Morgan fingerprint density at radius 1 is 0.456 bits per heavy atom. The van der Waals surface area contributed by atoms with E-state index in [4.69, 9.17) is 0 Å². The van der Waals surface area contributed by atoms with Gasteiger partial charge in [0.05, 0.1) is 22.1 Å². The molecule has 8 aromatic carbocycles. The summed E-state index contributed by atoms with van der Waals surface area (Å²) in [4.78, 5) is 0. The Hall–Kier alpha value is -6.94. The Morgan fingerprint density at radius 3 is 1.93 bits per heavy atom. The van der Waals surface area contributed by atoms with Crippen LogP contribution in [0.4, 0.5) is 0 Å². The maximum atomic E-state index is 2.50. The van der Waals surface area contributed by atoms with Crippen molar-refractivity contribution in [2.24, 2.45) is 0 Å². The van der Waals surface area contributed by atoms with Gasteiger partial charge in [0.15, 0.2) is 0 Å². The van der Waals surface area contributed by atoms with Gasteiger partial charge in [-0.05, 0) is 90.7 Å². The number of rotatable bonds is 6. The molecule has 270 valence electrons. The third-order valence-corrected chi connectivity index (χ3v) is 12.8. The molecular formula is C54H38N2S. The van der Waals surface area contributed by atoms with Crippen LogP contribution in [-0.2, 0) is 0 Å². The van der Waals surface area contributed by atoms with E-state index in [1.54, 1.807) is 0 Å². The number of allylic oxidation sites excluding steroid dienone is 4. The first-order valence-electron chi connectivity index (χ1n) is 19.7. The van der Waals surface area contributed by atoms with E-state index in [0.29, 0.717) is 0 Å². The molecule has 0 aliphatic heterocycles. The molecule has 0 unspecified atom stereocenters. The number of aromatic nitrogens is 2. The van der Waals surface area contributed by atoms with Crippen molar-refractivity contribution in [3.05, 3.63) is 200 Å². The van der Waals surface area contributed by atoms with Crippen molar-refractivity contribution in [2.75, 3.05) is 0 Å². The van der Waals surface area contributed by atoms with Crippen LogP contribution in [0.5, 0.6) is 0 Å². The molecule has 3 heterocycles. The monoisotopic (exact) mass is 746 g/mol. The number of para-hydroxylation sites is 4. The van der Waals surface area contributed by atoms with E-state index in [0.717, 1.165) is 11.4 Å². The van der Waals surface area contributed by atoms with Gasteiger partial charge in [0, 0.05) is 64.2 Å². The number of benzene rings is 8. The van der Waals surface area contributed by atoms with Crippen molar-refractivity contribution in [3.63, 3.8) is 0 Å². The Labute approximate surface area is 335 Å². The molecule has 11 aromatic rings. The summed E-state index contributed by atoms with van der Waals surface area (Å²) in [5, 5.41) is 7.58. The minimum atomic E-state index is 1.16. The van der Waals surface area contributed by atoms with Gasteiger partial charge in [-0.2, -0.15) is 0 Å². The highest BCUT2D eigenvalue weighted by Crippen LogP contribution is 2.45. The van der Waals surface area contributed by atoms with E-state index in [1.165, 1.54) is 97.2 Å². The lowest BCUT2D eigenvalue weighted by Crippen LogP contribution is -1.96. The van der Waals surface area contributed by atoms with Gasteiger partial charge in [0.25, 0.3) is 0 Å². The molecule has 3 aromatic heterocycles. The van der Waals surface area contributed by atoms with Gasteiger partial charge in [-0.15, -0.1) is 11.3 Å². The topological polar surface area (TPSA) is 9.86 Å². The largest absolute Gasteiger partial charge is 0.309 e. The second-order valence-electron chi connectivity index (χ2n) is 14.8. The van der Waals surface area contributed by atoms with Crippen LogP contribution in [0.15, 0.2) is 194 Å². The van der Waals surface area contributed by atoms with Crippen LogP contribution < -0.4 is 0 Å². The van der Waals surface area contributed by atoms with E-state index in [1.807, 2.05) is 11.3 Å². The van der Waals surface area contributed by atoms with Gasteiger partial charge in [0.2, 0.25) is 0 Å². The van der Waals surface area contributed by atoms with E-state index in [9.17, 15) is 0 Å². The smallest absolute Gasteiger partial charge is 0.0619 e. The van der Waals surface area contributed by atoms with Crippen molar-refractivity contribution in [1.29, 1.82) is 0 Å². The highest BCUT2D eigenvalue weighted by Gasteiger charge is 2.20. The molecule has 0 saturated heterocycles. The molecule has 0 saturated carbocycles. The molecule has 11 rings (SSSR count). The maximum Gasteiger partial charge on any atom is 0.0619 e. The summed E-state index contributed by atoms with van der Waals surface area (Å²) in [5.41, 5.74) is 14.4. The summed E-state index contributed by atoms with van der Waals surface area (Å²) in [6, 6.07) is 65.0. The fourth-order valence-electron chi connectivity index (χ4n) is 9.07. The first-order valence-corrected chi connectivity index (χ1v) is 20.5. The molecule has 0 N–H and O–H groups in total. The van der Waals surface area contributed by atoms with Crippen molar-refractivity contribution >= 4 is 80.7 Å². The predicted octanol–water partition coefficient (Wildman–Crippen LogP) is 15.6. The second-order valence-corrected chi connectivity index (χ2v) is 15.8. The lowest BCUT2D eigenvalue weighted by Gasteiger charge is -2.14. The number of thiophene rings is 1. The van der Waals surface area contributed by atoms with Gasteiger partial charge in [-0.3, -0.25) is 0 Å². The molecule has 0 radical (unpaired) electrons. The number of hydrogen-bond acceptors (Lipinski definition) is 1. The number of fused-ring (bicyclic) bond motifs is 9. The lowest BCUT2D eigenvalue weighted by atomic mass is 9.97. The molecule has 0 amide bonds. The molecule has 0 bridgehead atoms. The lowest BCUT2D eigenvalue weighted by molar-refractivity contribution is 1.18. The van der Waals surface area contributed by atoms with Gasteiger partial charge in [0.1, 0.15) is 0 Å². The Balaban J connectivity index is 1.20. The summed E-state index contributed by atoms with van der Waals surface area (Å²) < 4.78 is 7.55. The van der Waals surface area contributed by atoms with Gasteiger partial charge in [-0.25, -0.2) is 0 Å². The molecule has 0 spiro atoms. The zero-order valence-corrected chi connectivity index (χ0v) is 32.6. The molecule has 0 atom stereocenters. The van der Waals surface area contributed by atoms with Crippen LogP contribution in [0.3, 0.4) is 0 Å². The summed E-state index contributed by atoms with van der Waals surface area (Å²) >= 11 is 1.89. The quantitative estimate of drug-likeness (QED) is 0.150. The Morgan fingerprint density at radius 2 is 1.12 bits per heavy atom. The fraction of sp³-hybridized carbons (Fsp3) is 0.0370. The minimum Gasteiger partial charge on any atom is -0.309 e. The summed E-state index contributed by atoms with van der Waals surface area (Å²) in [6.07, 6.45) is 6.51. The van der Waals surface area contributed by atoms with Crippen molar-refractivity contribution < 1.29 is 0 Å². The van der Waals surface area contributed by atoms with Crippen molar-refractivity contribution in [3.8, 4) is 33.6 Å². The second kappa shape index (κ2) is 13.4. The molecule has 0 aliphatic rings. The van der Waals surface area contributed by atoms with Gasteiger partial charge < -0.3 is 9.13 Å². The Bertz CT molecular complexity index is 3420. The molecule has 3 heteroatoms. The highest BCUT2D eigenvalue weighted by atomic mass is 32.1. The highest BCUT2D eigenvalue weighted by molar-refractivity contribution is 7.26. The van der Waals surface area contributed by atoms with Crippen LogP contribution in [0, 0.1) is 0 Å². The van der Waals surface area contributed by atoms with E-state index < -0.39 is 0 Å². The first-order chi connectivity index (χ1) is 28.2.